The summed E-state index contributed by atoms with van der Waals surface area (Å²) in [5, 5.41) is 1.88. The Kier molecular flexibility index (Phi) is 3.79. The van der Waals surface area contributed by atoms with Gasteiger partial charge in [-0.15, -0.1) is 0 Å². The molecule has 0 saturated carbocycles. The fourth-order valence-corrected chi connectivity index (χ4v) is 0.269. The molecule has 0 atom stereocenters. The minimum absolute atomic E-state index is 1.29. The van der Waals surface area contributed by atoms with E-state index >= 15 is 0 Å². The van der Waals surface area contributed by atoms with Crippen LogP contribution in [0, 0.1) is 12.0 Å². The SMILES string of the molecule is O=[C]NC#CC(Cl)(Cl)Cl. The largest absolute Gasteiger partial charge is 0.321 e. The number of hydrogen-bond acceptors (Lipinski definition) is 1. The van der Waals surface area contributed by atoms with Gasteiger partial charge in [0.15, 0.2) is 0 Å². The predicted molar refractivity (Wildman–Crippen MR) is 36.9 cm³/mol. The Hall–Kier alpha value is -0.100. The van der Waals surface area contributed by atoms with Crippen molar-refractivity contribution in [2.45, 2.75) is 3.79 Å². The number of alkyl halides is 3. The molecule has 0 rings (SSSR count). The van der Waals surface area contributed by atoms with E-state index in [1.807, 2.05) is 5.32 Å². The first-order valence-corrected chi connectivity index (χ1v) is 2.90. The maximum absolute atomic E-state index is 9.42. The molecular formula is C4HCl3NO. The van der Waals surface area contributed by atoms with Crippen LogP contribution in [0.2, 0.25) is 0 Å². The van der Waals surface area contributed by atoms with Crippen LogP contribution in [-0.4, -0.2) is 10.2 Å². The first-order valence-electron chi connectivity index (χ1n) is 1.77. The molecule has 49 valence electrons. The van der Waals surface area contributed by atoms with Gasteiger partial charge >= 0.3 is 6.41 Å². The Morgan fingerprint density at radius 3 is 2.22 bits per heavy atom. The molecule has 9 heavy (non-hydrogen) atoms. The fourth-order valence-electron chi connectivity index (χ4n) is 0.128. The molecule has 0 aliphatic carbocycles. The van der Waals surface area contributed by atoms with Crippen molar-refractivity contribution in [3.8, 4) is 12.0 Å². The van der Waals surface area contributed by atoms with E-state index in [1.54, 1.807) is 0 Å². The Morgan fingerprint density at radius 2 is 1.89 bits per heavy atom. The highest BCUT2D eigenvalue weighted by Gasteiger charge is 2.13. The van der Waals surface area contributed by atoms with Gasteiger partial charge in [-0.05, 0) is 5.92 Å². The van der Waals surface area contributed by atoms with E-state index in [0.717, 1.165) is 0 Å². The van der Waals surface area contributed by atoms with Crippen molar-refractivity contribution < 1.29 is 4.79 Å². The van der Waals surface area contributed by atoms with Crippen molar-refractivity contribution in [1.29, 1.82) is 0 Å². The maximum Gasteiger partial charge on any atom is 0.321 e. The molecular weight excluding hydrogens is 184 g/mol. The third kappa shape index (κ3) is 7.90. The first-order chi connectivity index (χ1) is 4.06. The molecule has 1 amide bonds. The number of hydrogen-bond donors (Lipinski definition) is 1. The summed E-state index contributed by atoms with van der Waals surface area (Å²) in [6.07, 6.45) is 1.29. The van der Waals surface area contributed by atoms with Crippen LogP contribution in [0.3, 0.4) is 0 Å². The van der Waals surface area contributed by atoms with E-state index in [-0.39, 0.29) is 0 Å². The molecule has 0 unspecified atom stereocenters. The molecule has 0 spiro atoms. The normalized spacial score (nSPS) is 9.22. The predicted octanol–water partition coefficient (Wildman–Crippen LogP) is 0.974. The van der Waals surface area contributed by atoms with Gasteiger partial charge in [-0.3, -0.25) is 10.1 Å². The van der Waals surface area contributed by atoms with Crippen molar-refractivity contribution in [2.24, 2.45) is 0 Å². The van der Waals surface area contributed by atoms with E-state index in [2.05, 4.69) is 12.0 Å². The highest BCUT2D eigenvalue weighted by atomic mass is 35.6. The molecule has 0 aromatic carbocycles. The summed E-state index contributed by atoms with van der Waals surface area (Å²) >= 11 is 15.5. The van der Waals surface area contributed by atoms with Crippen molar-refractivity contribution in [3.05, 3.63) is 0 Å². The highest BCUT2D eigenvalue weighted by Crippen LogP contribution is 2.23. The standard InChI is InChI=1S/C4HCl3NO/c5-4(6,7)1-2-8-3-9/h(H,8,9). The van der Waals surface area contributed by atoms with E-state index in [9.17, 15) is 4.79 Å². The molecule has 1 radical (unpaired) electrons. The van der Waals surface area contributed by atoms with Gasteiger partial charge in [-0.2, -0.15) is 0 Å². The third-order valence-corrected chi connectivity index (χ3v) is 0.601. The Morgan fingerprint density at radius 1 is 1.33 bits per heavy atom. The molecule has 0 aromatic rings. The van der Waals surface area contributed by atoms with E-state index in [0.29, 0.717) is 0 Å². The summed E-state index contributed by atoms with van der Waals surface area (Å²) in [5.41, 5.74) is 0. The molecule has 0 saturated heterocycles. The second kappa shape index (κ2) is 3.84. The average Bonchev–Trinajstić information content (AvgIpc) is 1.63. The lowest BCUT2D eigenvalue weighted by Gasteiger charge is -1.95. The van der Waals surface area contributed by atoms with Crippen LogP contribution in [0.15, 0.2) is 0 Å². The van der Waals surface area contributed by atoms with E-state index < -0.39 is 3.79 Å². The van der Waals surface area contributed by atoms with Crippen molar-refractivity contribution in [1.82, 2.24) is 5.32 Å². The summed E-state index contributed by atoms with van der Waals surface area (Å²) in [4.78, 5) is 9.42. The number of carbonyl (C=O) groups excluding carboxylic acids is 1. The molecule has 0 aliphatic rings. The van der Waals surface area contributed by atoms with Crippen molar-refractivity contribution in [2.75, 3.05) is 0 Å². The van der Waals surface area contributed by atoms with Gasteiger partial charge in [-0.1, -0.05) is 34.8 Å². The zero-order valence-electron chi connectivity index (χ0n) is 4.04. The van der Waals surface area contributed by atoms with Crippen LogP contribution >= 0.6 is 34.8 Å². The van der Waals surface area contributed by atoms with E-state index in [1.165, 1.54) is 6.41 Å². The van der Waals surface area contributed by atoms with Crippen LogP contribution in [0.1, 0.15) is 0 Å². The van der Waals surface area contributed by atoms with Crippen LogP contribution in [0.5, 0.6) is 0 Å². The first kappa shape index (κ1) is 8.90. The Labute approximate surface area is 67.5 Å². The van der Waals surface area contributed by atoms with Gasteiger partial charge in [0, 0.05) is 6.04 Å². The second-order valence-corrected chi connectivity index (χ2v) is 3.26. The number of nitrogens with one attached hydrogen (secondary N) is 1. The molecule has 0 bridgehead atoms. The number of amides is 1. The third-order valence-electron chi connectivity index (χ3n) is 0.318. The number of halogens is 3. The fraction of sp³-hybridized carbons (Fsp3) is 0.250. The minimum atomic E-state index is -1.64. The van der Waals surface area contributed by atoms with Crippen molar-refractivity contribution in [3.63, 3.8) is 0 Å². The van der Waals surface area contributed by atoms with Gasteiger partial charge in [0.05, 0.1) is 0 Å². The summed E-state index contributed by atoms with van der Waals surface area (Å²) in [7, 11) is 0. The lowest BCUT2D eigenvalue weighted by Crippen LogP contribution is -2.03. The molecule has 2 nitrogen and oxygen atoms in total. The molecule has 5 heteroatoms. The Balaban J connectivity index is 3.72. The quantitative estimate of drug-likeness (QED) is 0.368. The summed E-state index contributed by atoms with van der Waals surface area (Å²) in [6.45, 7) is 0. The van der Waals surface area contributed by atoms with Gasteiger partial charge in [0.2, 0.25) is 0 Å². The highest BCUT2D eigenvalue weighted by molar-refractivity contribution is 6.69. The average molecular weight is 185 g/mol. The minimum Gasteiger partial charge on any atom is -0.277 e. The van der Waals surface area contributed by atoms with Crippen LogP contribution < -0.4 is 5.32 Å². The molecule has 1 N–H and O–H groups in total. The summed E-state index contributed by atoms with van der Waals surface area (Å²) in [5.74, 6) is 2.10. The molecule has 0 aliphatic heterocycles. The van der Waals surface area contributed by atoms with Crippen LogP contribution in [0.25, 0.3) is 0 Å². The molecule has 0 heterocycles. The maximum atomic E-state index is 9.42. The molecule has 0 aromatic heterocycles. The lowest BCUT2D eigenvalue weighted by atomic mass is 10.7. The van der Waals surface area contributed by atoms with Crippen LogP contribution in [0.4, 0.5) is 0 Å². The van der Waals surface area contributed by atoms with E-state index in [4.69, 9.17) is 34.8 Å². The summed E-state index contributed by atoms with van der Waals surface area (Å²) < 4.78 is -1.64. The molecule has 0 fully saturated rings. The topological polar surface area (TPSA) is 29.1 Å². The monoisotopic (exact) mass is 184 g/mol. The van der Waals surface area contributed by atoms with Gasteiger partial charge in [0.1, 0.15) is 0 Å². The van der Waals surface area contributed by atoms with Crippen LogP contribution in [-0.2, 0) is 4.79 Å². The van der Waals surface area contributed by atoms with Gasteiger partial charge in [-0.25, -0.2) is 0 Å². The van der Waals surface area contributed by atoms with Gasteiger partial charge < -0.3 is 0 Å². The summed E-state index contributed by atoms with van der Waals surface area (Å²) in [6, 6.07) is 2.06. The number of rotatable bonds is 1. The Bertz CT molecular complexity index is 151. The smallest absolute Gasteiger partial charge is 0.277 e. The zero-order valence-corrected chi connectivity index (χ0v) is 6.31. The zero-order chi connectivity index (χ0) is 7.33. The lowest BCUT2D eigenvalue weighted by molar-refractivity contribution is 0.551. The second-order valence-electron chi connectivity index (χ2n) is 0.975. The van der Waals surface area contributed by atoms with Gasteiger partial charge in [0.25, 0.3) is 3.79 Å². The van der Waals surface area contributed by atoms with Crippen molar-refractivity contribution >= 4 is 41.2 Å².